The van der Waals surface area contributed by atoms with Gasteiger partial charge in [-0.3, -0.25) is 4.79 Å². The average Bonchev–Trinajstić information content (AvgIpc) is 2.02. The van der Waals surface area contributed by atoms with Gasteiger partial charge in [-0.1, -0.05) is 34.8 Å². The Labute approximate surface area is 97.3 Å². The van der Waals surface area contributed by atoms with Crippen molar-refractivity contribution >= 4 is 41.3 Å². The van der Waals surface area contributed by atoms with Crippen LogP contribution in [0.15, 0.2) is 0 Å². The molecule has 7 heteroatoms. The number of carbonyl (C=O) groups is 1. The van der Waals surface area contributed by atoms with Gasteiger partial charge in [-0.25, -0.2) is 0 Å². The minimum Gasteiger partial charge on any atom is -0.438 e. The van der Waals surface area contributed by atoms with Crippen LogP contribution in [0, 0.1) is 0 Å². The molecule has 0 heterocycles. The fourth-order valence-corrected chi connectivity index (χ4v) is 0.810. The summed E-state index contributed by atoms with van der Waals surface area (Å²) in [6.07, 6.45) is -0.594. The number of hydrogen-bond donors (Lipinski definition) is 0. The second-order valence-electron chi connectivity index (χ2n) is 2.34. The SMILES string of the molecule is CC(OC=O)OCCOCC(Cl)(Cl)Cl. The van der Waals surface area contributed by atoms with Crippen LogP contribution in [0.5, 0.6) is 0 Å². The number of hydrogen-bond acceptors (Lipinski definition) is 4. The molecule has 0 N–H and O–H groups in total. The predicted octanol–water partition coefficient (Wildman–Crippen LogP) is 1.91. The monoisotopic (exact) mass is 264 g/mol. The molecule has 0 saturated carbocycles. The van der Waals surface area contributed by atoms with Crippen LogP contribution in [0.1, 0.15) is 6.92 Å². The molecule has 0 radical (unpaired) electrons. The maximum absolute atomic E-state index is 9.85. The first kappa shape index (κ1) is 14.3. The quantitative estimate of drug-likeness (QED) is 0.305. The number of alkyl halides is 3. The lowest BCUT2D eigenvalue weighted by Gasteiger charge is -2.13. The summed E-state index contributed by atoms with van der Waals surface area (Å²) in [6, 6.07) is 0. The van der Waals surface area contributed by atoms with Crippen LogP contribution >= 0.6 is 34.8 Å². The van der Waals surface area contributed by atoms with Gasteiger partial charge in [0, 0.05) is 0 Å². The van der Waals surface area contributed by atoms with Crippen molar-refractivity contribution in [3.63, 3.8) is 0 Å². The van der Waals surface area contributed by atoms with Crippen LogP contribution in [-0.2, 0) is 19.0 Å². The highest BCUT2D eigenvalue weighted by molar-refractivity contribution is 6.67. The first-order valence-electron chi connectivity index (χ1n) is 3.81. The minimum absolute atomic E-state index is 0.00997. The van der Waals surface area contributed by atoms with Gasteiger partial charge >= 0.3 is 0 Å². The summed E-state index contributed by atoms with van der Waals surface area (Å²) < 4.78 is 13.0. The Hall–Kier alpha value is 0.260. The molecule has 0 aromatic rings. The molecule has 0 spiro atoms. The van der Waals surface area contributed by atoms with Crippen molar-refractivity contribution in [2.24, 2.45) is 0 Å². The Bertz CT molecular complexity index is 160. The van der Waals surface area contributed by atoms with E-state index in [4.69, 9.17) is 44.3 Å². The maximum atomic E-state index is 9.85. The molecule has 0 aliphatic heterocycles. The zero-order chi connectivity index (χ0) is 11.0. The Morgan fingerprint density at radius 1 is 1.36 bits per heavy atom. The molecule has 1 unspecified atom stereocenters. The first-order valence-corrected chi connectivity index (χ1v) is 4.94. The highest BCUT2D eigenvalue weighted by Crippen LogP contribution is 2.25. The van der Waals surface area contributed by atoms with Gasteiger partial charge < -0.3 is 14.2 Å². The van der Waals surface area contributed by atoms with Gasteiger partial charge in [-0.15, -0.1) is 0 Å². The summed E-state index contributed by atoms with van der Waals surface area (Å²) in [7, 11) is 0. The maximum Gasteiger partial charge on any atom is 0.295 e. The second kappa shape index (κ2) is 7.54. The topological polar surface area (TPSA) is 44.8 Å². The standard InChI is InChI=1S/C7H11Cl3O4/c1-6(14-5-11)13-3-2-12-4-7(8,9)10/h5-6H,2-4H2,1H3. The molecule has 0 aromatic carbocycles. The van der Waals surface area contributed by atoms with E-state index < -0.39 is 10.1 Å². The van der Waals surface area contributed by atoms with Crippen molar-refractivity contribution in [2.75, 3.05) is 19.8 Å². The summed E-state index contributed by atoms with van der Waals surface area (Å²) in [5.41, 5.74) is 0. The third-order valence-electron chi connectivity index (χ3n) is 1.09. The van der Waals surface area contributed by atoms with E-state index in [0.717, 1.165) is 0 Å². The van der Waals surface area contributed by atoms with Crippen molar-refractivity contribution in [3.8, 4) is 0 Å². The van der Waals surface area contributed by atoms with Gasteiger partial charge in [0.1, 0.15) is 0 Å². The molecule has 0 amide bonds. The van der Waals surface area contributed by atoms with Crippen LogP contribution in [0.25, 0.3) is 0 Å². The Kier molecular flexibility index (Phi) is 7.68. The first-order chi connectivity index (χ1) is 6.45. The molecule has 84 valence electrons. The molecular weight excluding hydrogens is 254 g/mol. The van der Waals surface area contributed by atoms with Crippen LogP contribution in [-0.4, -0.2) is 36.4 Å². The summed E-state index contributed by atoms with van der Waals surface area (Å²) in [4.78, 5) is 9.85. The Morgan fingerprint density at radius 2 is 2.00 bits per heavy atom. The fourth-order valence-electron chi connectivity index (χ4n) is 0.578. The van der Waals surface area contributed by atoms with Crippen molar-refractivity contribution in [2.45, 2.75) is 17.0 Å². The normalized spacial score (nSPS) is 13.7. The molecule has 0 rings (SSSR count). The van der Waals surface area contributed by atoms with Crippen LogP contribution in [0.4, 0.5) is 0 Å². The van der Waals surface area contributed by atoms with Gasteiger partial charge in [-0.2, -0.15) is 0 Å². The van der Waals surface area contributed by atoms with Crippen molar-refractivity contribution in [1.29, 1.82) is 0 Å². The van der Waals surface area contributed by atoms with E-state index in [9.17, 15) is 4.79 Å². The Balaban J connectivity index is 3.25. The van der Waals surface area contributed by atoms with E-state index in [-0.39, 0.29) is 19.8 Å². The lowest BCUT2D eigenvalue weighted by atomic mass is 10.7. The van der Waals surface area contributed by atoms with Gasteiger partial charge in [0.05, 0.1) is 19.8 Å². The molecule has 0 bridgehead atoms. The second-order valence-corrected chi connectivity index (χ2v) is 4.85. The van der Waals surface area contributed by atoms with Gasteiger partial charge in [0.25, 0.3) is 6.47 Å². The molecule has 0 aliphatic rings. The summed E-state index contributed by atoms with van der Waals surface area (Å²) in [5.74, 6) is 0. The van der Waals surface area contributed by atoms with Gasteiger partial charge in [-0.05, 0) is 6.92 Å². The third kappa shape index (κ3) is 10.3. The largest absolute Gasteiger partial charge is 0.438 e. The summed E-state index contributed by atoms with van der Waals surface area (Å²) in [5, 5.41) is 0. The highest BCUT2D eigenvalue weighted by atomic mass is 35.6. The van der Waals surface area contributed by atoms with E-state index in [1.165, 1.54) is 0 Å². The smallest absolute Gasteiger partial charge is 0.295 e. The fraction of sp³-hybridized carbons (Fsp3) is 0.857. The summed E-state index contributed by atoms with van der Waals surface area (Å²) in [6.45, 7) is 2.41. The molecule has 0 aromatic heterocycles. The number of ether oxygens (including phenoxy) is 3. The molecule has 0 saturated heterocycles. The number of halogens is 3. The van der Waals surface area contributed by atoms with E-state index >= 15 is 0 Å². The predicted molar refractivity (Wildman–Crippen MR) is 53.7 cm³/mol. The van der Waals surface area contributed by atoms with Crippen molar-refractivity contribution < 1.29 is 19.0 Å². The van der Waals surface area contributed by atoms with E-state index in [2.05, 4.69) is 4.74 Å². The number of rotatable bonds is 7. The minimum atomic E-state index is -1.41. The lowest BCUT2D eigenvalue weighted by Crippen LogP contribution is -2.19. The van der Waals surface area contributed by atoms with Crippen LogP contribution < -0.4 is 0 Å². The van der Waals surface area contributed by atoms with Crippen LogP contribution in [0.2, 0.25) is 0 Å². The van der Waals surface area contributed by atoms with E-state index in [0.29, 0.717) is 6.47 Å². The molecule has 1 atom stereocenters. The van der Waals surface area contributed by atoms with Crippen molar-refractivity contribution in [3.05, 3.63) is 0 Å². The molecule has 0 aliphatic carbocycles. The van der Waals surface area contributed by atoms with Gasteiger partial charge in [0.2, 0.25) is 3.79 Å². The zero-order valence-corrected chi connectivity index (χ0v) is 9.81. The highest BCUT2D eigenvalue weighted by Gasteiger charge is 2.19. The molecule has 0 fully saturated rings. The van der Waals surface area contributed by atoms with Crippen molar-refractivity contribution in [1.82, 2.24) is 0 Å². The summed E-state index contributed by atoms with van der Waals surface area (Å²) >= 11 is 16.3. The molecule has 4 nitrogen and oxygen atoms in total. The third-order valence-corrected chi connectivity index (χ3v) is 1.42. The van der Waals surface area contributed by atoms with E-state index in [1.807, 2.05) is 0 Å². The average molecular weight is 266 g/mol. The molecule has 14 heavy (non-hydrogen) atoms. The Morgan fingerprint density at radius 3 is 2.50 bits per heavy atom. The molecular formula is C7H11Cl3O4. The van der Waals surface area contributed by atoms with Crippen LogP contribution in [0.3, 0.4) is 0 Å². The zero-order valence-electron chi connectivity index (χ0n) is 7.54. The van der Waals surface area contributed by atoms with Gasteiger partial charge in [0.15, 0.2) is 6.29 Å². The lowest BCUT2D eigenvalue weighted by molar-refractivity contribution is -0.162. The van der Waals surface area contributed by atoms with E-state index in [1.54, 1.807) is 6.92 Å². The number of carbonyl (C=O) groups excluding carboxylic acids is 1.